The summed E-state index contributed by atoms with van der Waals surface area (Å²) in [6.07, 6.45) is -8.25. The highest BCUT2D eigenvalue weighted by Crippen LogP contribution is 2.40. The fourth-order valence-corrected chi connectivity index (χ4v) is 1.73. The van der Waals surface area contributed by atoms with Crippen molar-refractivity contribution in [2.24, 2.45) is 0 Å². The van der Waals surface area contributed by atoms with Crippen molar-refractivity contribution >= 4 is 7.82 Å². The number of phosphoric acid groups is 1. The Kier molecular flexibility index (Phi) is 4.41. The van der Waals surface area contributed by atoms with Crippen LogP contribution in [0, 0.1) is 0 Å². The molecule has 1 heterocycles. The van der Waals surface area contributed by atoms with Gasteiger partial charge in [-0.1, -0.05) is 0 Å². The van der Waals surface area contributed by atoms with E-state index in [2.05, 4.69) is 9.26 Å². The number of phosphoric ester groups is 1. The SMILES string of the molecule is O=P(O)(O)O[C@@H]1O[C@@H](CO)[C@H](O)[C@@H](O)[C@@H]1O. The zero-order chi connectivity index (χ0) is 12.5. The monoisotopic (exact) mass is 260 g/mol. The molecule has 0 bridgehead atoms. The molecule has 0 aliphatic carbocycles. The van der Waals surface area contributed by atoms with Gasteiger partial charge in [0.25, 0.3) is 0 Å². The fraction of sp³-hybridized carbons (Fsp3) is 1.00. The molecule has 0 radical (unpaired) electrons. The lowest BCUT2D eigenvalue weighted by atomic mass is 10.00. The number of hydrogen-bond acceptors (Lipinski definition) is 7. The maximum Gasteiger partial charge on any atom is 0.472 e. The van der Waals surface area contributed by atoms with Gasteiger partial charge in [0.05, 0.1) is 6.61 Å². The topological polar surface area (TPSA) is 157 Å². The van der Waals surface area contributed by atoms with Crippen LogP contribution in [0.15, 0.2) is 0 Å². The van der Waals surface area contributed by atoms with Crippen LogP contribution in [0.3, 0.4) is 0 Å². The molecule has 0 aromatic rings. The maximum absolute atomic E-state index is 10.5. The zero-order valence-corrected chi connectivity index (χ0v) is 8.84. The molecule has 5 atom stereocenters. The highest BCUT2D eigenvalue weighted by molar-refractivity contribution is 7.46. The van der Waals surface area contributed by atoms with E-state index in [1.165, 1.54) is 0 Å². The van der Waals surface area contributed by atoms with Crippen LogP contribution in [0.1, 0.15) is 0 Å². The lowest BCUT2D eigenvalue weighted by Gasteiger charge is -2.39. The second-order valence-electron chi connectivity index (χ2n) is 3.29. The van der Waals surface area contributed by atoms with E-state index in [0.29, 0.717) is 0 Å². The van der Waals surface area contributed by atoms with E-state index in [4.69, 9.17) is 14.9 Å². The molecule has 1 aliphatic rings. The minimum atomic E-state index is -4.91. The Morgan fingerprint density at radius 3 is 2.12 bits per heavy atom. The van der Waals surface area contributed by atoms with Gasteiger partial charge in [-0.2, -0.15) is 0 Å². The van der Waals surface area contributed by atoms with Crippen LogP contribution in [-0.2, 0) is 13.8 Å². The van der Waals surface area contributed by atoms with Crippen molar-refractivity contribution in [3.8, 4) is 0 Å². The van der Waals surface area contributed by atoms with Gasteiger partial charge in [-0.15, -0.1) is 0 Å². The molecule has 6 N–H and O–H groups in total. The number of aliphatic hydroxyl groups is 4. The Hall–Kier alpha value is -0.0900. The van der Waals surface area contributed by atoms with Crippen molar-refractivity contribution in [2.75, 3.05) is 6.61 Å². The first-order valence-electron chi connectivity index (χ1n) is 4.30. The van der Waals surface area contributed by atoms with Gasteiger partial charge in [0.1, 0.15) is 24.4 Å². The van der Waals surface area contributed by atoms with E-state index in [9.17, 15) is 19.9 Å². The van der Waals surface area contributed by atoms with Gasteiger partial charge in [-0.25, -0.2) is 4.57 Å². The van der Waals surface area contributed by atoms with Crippen molar-refractivity contribution in [3.05, 3.63) is 0 Å². The van der Waals surface area contributed by atoms with Crippen molar-refractivity contribution < 1.29 is 44.0 Å². The molecule has 10 heteroatoms. The van der Waals surface area contributed by atoms with Gasteiger partial charge < -0.3 is 34.9 Å². The average molecular weight is 260 g/mol. The summed E-state index contributed by atoms with van der Waals surface area (Å²) >= 11 is 0. The molecule has 16 heavy (non-hydrogen) atoms. The van der Waals surface area contributed by atoms with Gasteiger partial charge in [-0.05, 0) is 0 Å². The zero-order valence-electron chi connectivity index (χ0n) is 7.95. The van der Waals surface area contributed by atoms with E-state index in [1.807, 2.05) is 0 Å². The summed E-state index contributed by atoms with van der Waals surface area (Å²) in [7, 11) is -4.91. The predicted octanol–water partition coefficient (Wildman–Crippen LogP) is -3.10. The molecule has 0 spiro atoms. The largest absolute Gasteiger partial charge is 0.472 e. The van der Waals surface area contributed by atoms with Gasteiger partial charge in [0, 0.05) is 0 Å². The van der Waals surface area contributed by atoms with E-state index >= 15 is 0 Å². The molecule has 9 nitrogen and oxygen atoms in total. The van der Waals surface area contributed by atoms with Crippen LogP contribution in [0.2, 0.25) is 0 Å². The van der Waals surface area contributed by atoms with E-state index < -0.39 is 45.1 Å². The highest BCUT2D eigenvalue weighted by Gasteiger charge is 2.46. The standard InChI is InChI=1S/C6H13O9P/c7-1-2-3(8)4(9)5(10)6(14-2)15-16(11,12)13/h2-10H,1H2,(H2,11,12,13)/t2-,3-,4+,5-,6-/m0/s1. The minimum Gasteiger partial charge on any atom is -0.394 e. The average Bonchev–Trinajstić information content (AvgIpc) is 2.17. The molecular weight excluding hydrogens is 247 g/mol. The second-order valence-corrected chi connectivity index (χ2v) is 4.49. The summed E-state index contributed by atoms with van der Waals surface area (Å²) in [6, 6.07) is 0. The second kappa shape index (κ2) is 5.05. The number of ether oxygens (including phenoxy) is 1. The van der Waals surface area contributed by atoms with E-state index in [1.54, 1.807) is 0 Å². The first-order chi connectivity index (χ1) is 7.26. The Morgan fingerprint density at radius 1 is 1.12 bits per heavy atom. The lowest BCUT2D eigenvalue weighted by Crippen LogP contribution is -2.58. The maximum atomic E-state index is 10.5. The summed E-state index contributed by atoms with van der Waals surface area (Å²) in [5.41, 5.74) is 0. The first kappa shape index (κ1) is 14.0. The molecule has 1 rings (SSSR count). The molecule has 0 saturated carbocycles. The van der Waals surface area contributed by atoms with E-state index in [0.717, 1.165) is 0 Å². The van der Waals surface area contributed by atoms with Gasteiger partial charge in [0.2, 0.25) is 0 Å². The smallest absolute Gasteiger partial charge is 0.394 e. The van der Waals surface area contributed by atoms with Crippen LogP contribution in [0.5, 0.6) is 0 Å². The molecule has 0 aromatic carbocycles. The van der Waals surface area contributed by atoms with Gasteiger partial charge in [0.15, 0.2) is 6.29 Å². The molecule has 1 fully saturated rings. The van der Waals surface area contributed by atoms with Crippen LogP contribution < -0.4 is 0 Å². The normalized spacial score (nSPS) is 41.0. The Morgan fingerprint density at radius 2 is 1.69 bits per heavy atom. The van der Waals surface area contributed by atoms with Crippen molar-refractivity contribution in [3.63, 3.8) is 0 Å². The van der Waals surface area contributed by atoms with Crippen LogP contribution >= 0.6 is 7.82 Å². The summed E-state index contributed by atoms with van der Waals surface area (Å²) in [5.74, 6) is 0. The Labute approximate surface area is 90.1 Å². The Bertz CT molecular complexity index is 275. The van der Waals surface area contributed by atoms with Crippen LogP contribution in [0.4, 0.5) is 0 Å². The van der Waals surface area contributed by atoms with Crippen molar-refractivity contribution in [1.82, 2.24) is 0 Å². The summed E-state index contributed by atoms with van der Waals surface area (Å²) < 4.78 is 19.2. The molecule has 1 saturated heterocycles. The minimum absolute atomic E-state index is 0.702. The van der Waals surface area contributed by atoms with Gasteiger partial charge in [-0.3, -0.25) is 4.52 Å². The summed E-state index contributed by atoms with van der Waals surface area (Å²) in [6.45, 7) is -0.702. The van der Waals surface area contributed by atoms with Crippen LogP contribution in [-0.4, -0.2) is 67.5 Å². The highest BCUT2D eigenvalue weighted by atomic mass is 31.2. The summed E-state index contributed by atoms with van der Waals surface area (Å²) in [4.78, 5) is 17.0. The number of rotatable bonds is 3. The molecular formula is C6H13O9P. The van der Waals surface area contributed by atoms with Crippen molar-refractivity contribution in [2.45, 2.75) is 30.7 Å². The van der Waals surface area contributed by atoms with Gasteiger partial charge >= 0.3 is 7.82 Å². The number of hydrogen-bond donors (Lipinski definition) is 6. The Balaban J connectivity index is 2.75. The molecule has 96 valence electrons. The molecule has 0 aromatic heterocycles. The molecule has 0 unspecified atom stereocenters. The third kappa shape index (κ3) is 3.20. The molecule has 0 amide bonds. The number of aliphatic hydroxyl groups excluding tert-OH is 4. The predicted molar refractivity (Wildman–Crippen MR) is 46.9 cm³/mol. The third-order valence-corrected chi connectivity index (χ3v) is 2.57. The summed E-state index contributed by atoms with van der Waals surface area (Å²) in [5, 5.41) is 36.6. The first-order valence-corrected chi connectivity index (χ1v) is 5.83. The van der Waals surface area contributed by atoms with E-state index in [-0.39, 0.29) is 0 Å². The third-order valence-electron chi connectivity index (χ3n) is 2.09. The lowest BCUT2D eigenvalue weighted by molar-refractivity contribution is -0.280. The van der Waals surface area contributed by atoms with Crippen molar-refractivity contribution in [1.29, 1.82) is 0 Å². The van der Waals surface area contributed by atoms with Crippen LogP contribution in [0.25, 0.3) is 0 Å². The quantitative estimate of drug-likeness (QED) is 0.289. The fourth-order valence-electron chi connectivity index (χ4n) is 1.29. The molecule has 1 aliphatic heterocycles.